The number of rotatable bonds is 5. The summed E-state index contributed by atoms with van der Waals surface area (Å²) in [4.78, 5) is 23.6. The van der Waals surface area contributed by atoms with Crippen molar-refractivity contribution in [2.45, 2.75) is 13.2 Å². The second-order valence-electron chi connectivity index (χ2n) is 6.75. The standard InChI is InChI=1S/C21H18N2O5S/c24-20-13-23(29(26,27)22-20)12-15-5-9-18(10-6-15)21(25)28-14-16-7-8-17-3-1-2-4-19(17)11-16/h1-11H,12-14H2,(H,22,24). The van der Waals surface area contributed by atoms with Gasteiger partial charge in [-0.3, -0.25) is 4.79 Å². The van der Waals surface area contributed by atoms with E-state index in [1.165, 1.54) is 0 Å². The molecule has 1 aliphatic rings. The minimum atomic E-state index is -3.77. The van der Waals surface area contributed by atoms with E-state index in [0.717, 1.165) is 20.6 Å². The lowest BCUT2D eigenvalue weighted by Gasteiger charge is -2.12. The summed E-state index contributed by atoms with van der Waals surface area (Å²) in [6.07, 6.45) is 0. The van der Waals surface area contributed by atoms with Crippen LogP contribution in [0.1, 0.15) is 21.5 Å². The quantitative estimate of drug-likeness (QED) is 0.652. The summed E-state index contributed by atoms with van der Waals surface area (Å²) >= 11 is 0. The van der Waals surface area contributed by atoms with Gasteiger partial charge in [0.2, 0.25) is 5.91 Å². The van der Waals surface area contributed by atoms with Crippen molar-refractivity contribution in [3.05, 3.63) is 83.4 Å². The topological polar surface area (TPSA) is 92.8 Å². The van der Waals surface area contributed by atoms with Crippen LogP contribution < -0.4 is 4.72 Å². The van der Waals surface area contributed by atoms with E-state index in [1.54, 1.807) is 24.3 Å². The van der Waals surface area contributed by atoms with Crippen LogP contribution in [0.2, 0.25) is 0 Å². The van der Waals surface area contributed by atoms with Gasteiger partial charge in [0.25, 0.3) is 0 Å². The van der Waals surface area contributed by atoms with Crippen molar-refractivity contribution in [1.82, 2.24) is 9.03 Å². The zero-order valence-electron chi connectivity index (χ0n) is 15.4. The van der Waals surface area contributed by atoms with Crippen LogP contribution >= 0.6 is 0 Å². The van der Waals surface area contributed by atoms with Crippen molar-refractivity contribution in [3.63, 3.8) is 0 Å². The molecule has 4 rings (SSSR count). The van der Waals surface area contributed by atoms with E-state index in [9.17, 15) is 18.0 Å². The predicted octanol–water partition coefficient (Wildman–Crippen LogP) is 2.37. The molecule has 0 aromatic heterocycles. The van der Waals surface area contributed by atoms with Gasteiger partial charge in [0.1, 0.15) is 6.61 Å². The Morgan fingerprint density at radius 2 is 1.66 bits per heavy atom. The molecule has 3 aromatic rings. The average Bonchev–Trinajstić information content (AvgIpc) is 2.97. The largest absolute Gasteiger partial charge is 0.457 e. The summed E-state index contributed by atoms with van der Waals surface area (Å²) in [5.41, 5.74) is 1.93. The fraction of sp³-hybridized carbons (Fsp3) is 0.143. The van der Waals surface area contributed by atoms with Gasteiger partial charge in [-0.1, -0.05) is 48.5 Å². The third-order valence-corrected chi connectivity index (χ3v) is 6.06. The van der Waals surface area contributed by atoms with Gasteiger partial charge < -0.3 is 4.74 Å². The van der Waals surface area contributed by atoms with Crippen LogP contribution in [-0.2, 0) is 32.9 Å². The fourth-order valence-corrected chi connectivity index (χ4v) is 4.22. The number of hydrogen-bond acceptors (Lipinski definition) is 5. The van der Waals surface area contributed by atoms with Crippen LogP contribution in [0.4, 0.5) is 0 Å². The lowest BCUT2D eigenvalue weighted by atomic mass is 10.1. The van der Waals surface area contributed by atoms with E-state index in [2.05, 4.69) is 0 Å². The first-order valence-corrected chi connectivity index (χ1v) is 10.4. The van der Waals surface area contributed by atoms with Crippen molar-refractivity contribution in [2.75, 3.05) is 6.54 Å². The minimum Gasteiger partial charge on any atom is -0.457 e. The molecule has 0 bridgehead atoms. The maximum Gasteiger partial charge on any atom is 0.338 e. The predicted molar refractivity (Wildman–Crippen MR) is 107 cm³/mol. The molecular formula is C21H18N2O5S. The van der Waals surface area contributed by atoms with Crippen LogP contribution in [0.25, 0.3) is 10.8 Å². The second-order valence-corrected chi connectivity index (χ2v) is 8.42. The van der Waals surface area contributed by atoms with Crippen LogP contribution in [0.3, 0.4) is 0 Å². The highest BCUT2D eigenvalue weighted by Crippen LogP contribution is 2.17. The van der Waals surface area contributed by atoms with Crippen molar-refractivity contribution >= 4 is 32.9 Å². The summed E-state index contributed by atoms with van der Waals surface area (Å²) in [6.45, 7) is -0.00338. The van der Waals surface area contributed by atoms with Gasteiger partial charge in [-0.15, -0.1) is 0 Å². The number of nitrogens with one attached hydrogen (secondary N) is 1. The molecule has 1 fully saturated rings. The third kappa shape index (κ3) is 4.28. The Labute approximate surface area is 168 Å². The fourth-order valence-electron chi connectivity index (χ4n) is 3.14. The van der Waals surface area contributed by atoms with E-state index in [-0.39, 0.29) is 19.7 Å². The van der Waals surface area contributed by atoms with E-state index < -0.39 is 22.1 Å². The number of ether oxygens (including phenoxy) is 1. The molecule has 3 aromatic carbocycles. The number of esters is 1. The number of nitrogens with zero attached hydrogens (tertiary/aromatic N) is 1. The van der Waals surface area contributed by atoms with E-state index >= 15 is 0 Å². The number of carbonyl (C=O) groups excluding carboxylic acids is 2. The SMILES string of the molecule is O=C1CN(Cc2ccc(C(=O)OCc3ccc4ccccc4c3)cc2)S(=O)(=O)N1. The molecule has 1 amide bonds. The molecule has 1 heterocycles. The molecule has 29 heavy (non-hydrogen) atoms. The molecule has 8 heteroatoms. The van der Waals surface area contributed by atoms with Crippen molar-refractivity contribution in [2.24, 2.45) is 0 Å². The zero-order valence-corrected chi connectivity index (χ0v) is 16.2. The second kappa shape index (κ2) is 7.65. The number of hydrogen-bond donors (Lipinski definition) is 1. The maximum absolute atomic E-state index is 12.3. The van der Waals surface area contributed by atoms with E-state index in [4.69, 9.17) is 4.74 Å². The highest BCUT2D eigenvalue weighted by Gasteiger charge is 2.33. The Bertz CT molecular complexity index is 1190. The van der Waals surface area contributed by atoms with Gasteiger partial charge in [-0.2, -0.15) is 12.7 Å². The molecule has 148 valence electrons. The minimum absolute atomic E-state index is 0.0491. The molecule has 0 radical (unpaired) electrons. The van der Waals surface area contributed by atoms with Crippen molar-refractivity contribution < 1.29 is 22.7 Å². The Hall–Kier alpha value is -3.23. The molecule has 0 spiro atoms. The summed E-state index contributed by atoms with van der Waals surface area (Å²) in [5, 5.41) is 2.20. The molecular weight excluding hydrogens is 392 g/mol. The maximum atomic E-state index is 12.3. The number of carbonyl (C=O) groups is 2. The molecule has 0 saturated carbocycles. The van der Waals surface area contributed by atoms with Crippen LogP contribution in [0.15, 0.2) is 66.7 Å². The normalized spacial score (nSPS) is 15.9. The zero-order chi connectivity index (χ0) is 20.4. The average molecular weight is 410 g/mol. The van der Waals surface area contributed by atoms with Crippen LogP contribution in [0, 0.1) is 0 Å². The number of benzene rings is 3. The smallest absolute Gasteiger partial charge is 0.338 e. The van der Waals surface area contributed by atoms with Gasteiger partial charge >= 0.3 is 16.2 Å². The van der Waals surface area contributed by atoms with Crippen molar-refractivity contribution in [3.8, 4) is 0 Å². The Morgan fingerprint density at radius 1 is 0.966 bits per heavy atom. The molecule has 1 saturated heterocycles. The Morgan fingerprint density at radius 3 is 2.34 bits per heavy atom. The Kier molecular flexibility index (Phi) is 5.04. The highest BCUT2D eigenvalue weighted by molar-refractivity contribution is 7.88. The first-order chi connectivity index (χ1) is 13.9. The van der Waals surface area contributed by atoms with Crippen LogP contribution in [0.5, 0.6) is 0 Å². The summed E-state index contributed by atoms with van der Waals surface area (Å²) < 4.78 is 31.9. The van der Waals surface area contributed by atoms with Crippen LogP contribution in [-0.4, -0.2) is 31.1 Å². The highest BCUT2D eigenvalue weighted by atomic mass is 32.2. The van der Waals surface area contributed by atoms with E-state index in [1.807, 2.05) is 47.2 Å². The third-order valence-electron chi connectivity index (χ3n) is 4.64. The van der Waals surface area contributed by atoms with E-state index in [0.29, 0.717) is 11.1 Å². The molecule has 1 N–H and O–H groups in total. The van der Waals surface area contributed by atoms with Gasteiger partial charge in [-0.25, -0.2) is 9.52 Å². The molecule has 7 nitrogen and oxygen atoms in total. The van der Waals surface area contributed by atoms with Gasteiger partial charge in [-0.05, 0) is 40.1 Å². The van der Waals surface area contributed by atoms with Gasteiger partial charge in [0.05, 0.1) is 12.1 Å². The molecule has 0 unspecified atom stereocenters. The summed E-state index contributed by atoms with van der Waals surface area (Å²) in [7, 11) is -3.77. The van der Waals surface area contributed by atoms with Gasteiger partial charge in [0, 0.05) is 6.54 Å². The lowest BCUT2D eigenvalue weighted by molar-refractivity contribution is -0.118. The first kappa shape index (κ1) is 19.1. The summed E-state index contributed by atoms with van der Waals surface area (Å²) in [5.74, 6) is -1.02. The first-order valence-electron chi connectivity index (χ1n) is 8.95. The molecule has 0 atom stereocenters. The summed E-state index contributed by atoms with van der Waals surface area (Å²) in [6, 6.07) is 20.3. The monoisotopic (exact) mass is 410 g/mol. The number of fused-ring (bicyclic) bond motifs is 1. The Balaban J connectivity index is 1.38. The molecule has 0 aliphatic carbocycles. The van der Waals surface area contributed by atoms with Gasteiger partial charge in [0.15, 0.2) is 0 Å². The van der Waals surface area contributed by atoms with Crippen molar-refractivity contribution in [1.29, 1.82) is 0 Å². The molecule has 1 aliphatic heterocycles. The number of amides is 1. The lowest BCUT2D eigenvalue weighted by Crippen LogP contribution is -2.29.